The second-order valence-electron chi connectivity index (χ2n) is 6.78. The molecule has 30 heavy (non-hydrogen) atoms. The molecule has 2 aromatic heterocycles. The molecule has 0 unspecified atom stereocenters. The van der Waals surface area contributed by atoms with Crippen LogP contribution >= 0.6 is 0 Å². The van der Waals surface area contributed by atoms with Crippen molar-refractivity contribution < 1.29 is 18.7 Å². The van der Waals surface area contributed by atoms with Crippen molar-refractivity contribution in [1.29, 1.82) is 0 Å². The van der Waals surface area contributed by atoms with Crippen LogP contribution in [0, 0.1) is 0 Å². The minimum Gasteiger partial charge on any atom is -0.467 e. The smallest absolute Gasteiger partial charge is 0.339 e. The molecule has 4 rings (SSSR count). The molecular weight excluding hydrogens is 380 g/mol. The first-order chi connectivity index (χ1) is 14.6. The van der Waals surface area contributed by atoms with Crippen molar-refractivity contribution in [3.8, 4) is 11.3 Å². The molecule has 2 heterocycles. The van der Waals surface area contributed by atoms with E-state index in [0.717, 1.165) is 5.56 Å². The van der Waals surface area contributed by atoms with Crippen LogP contribution in [0.15, 0.2) is 83.5 Å². The standard InChI is InChI=1S/C24H20N2O4/c1-16(23(27)25-15-18-10-7-13-29-18)30-24(28)20-14-22(17-8-3-2-4-9-17)26-21-12-6-5-11-19(20)21/h2-14,16H,15H2,1H3,(H,25,27)/t16-/m1/s1. The summed E-state index contributed by atoms with van der Waals surface area (Å²) in [5, 5.41) is 3.37. The Morgan fingerprint density at radius 2 is 1.80 bits per heavy atom. The molecule has 0 fully saturated rings. The number of carbonyl (C=O) groups is 2. The lowest BCUT2D eigenvalue weighted by Gasteiger charge is -2.15. The van der Waals surface area contributed by atoms with Crippen LogP contribution in [0.4, 0.5) is 0 Å². The van der Waals surface area contributed by atoms with Crippen LogP contribution in [0.2, 0.25) is 0 Å². The number of hydrogen-bond donors (Lipinski definition) is 1. The molecule has 0 aliphatic rings. The van der Waals surface area contributed by atoms with Gasteiger partial charge in [-0.3, -0.25) is 4.79 Å². The number of fused-ring (bicyclic) bond motifs is 1. The van der Waals surface area contributed by atoms with Crippen molar-refractivity contribution in [2.45, 2.75) is 19.6 Å². The van der Waals surface area contributed by atoms with Crippen LogP contribution in [-0.4, -0.2) is 23.0 Å². The van der Waals surface area contributed by atoms with Gasteiger partial charge < -0.3 is 14.5 Å². The Bertz CT molecular complexity index is 1170. The van der Waals surface area contributed by atoms with Crippen molar-refractivity contribution in [3.63, 3.8) is 0 Å². The lowest BCUT2D eigenvalue weighted by Crippen LogP contribution is -2.35. The van der Waals surface area contributed by atoms with E-state index < -0.39 is 18.0 Å². The van der Waals surface area contributed by atoms with E-state index in [2.05, 4.69) is 10.3 Å². The number of pyridine rings is 1. The Kier molecular flexibility index (Phi) is 5.57. The fourth-order valence-corrected chi connectivity index (χ4v) is 3.11. The summed E-state index contributed by atoms with van der Waals surface area (Å²) in [4.78, 5) is 29.9. The van der Waals surface area contributed by atoms with Crippen molar-refractivity contribution >= 4 is 22.8 Å². The highest BCUT2D eigenvalue weighted by molar-refractivity contribution is 6.05. The number of ether oxygens (including phenoxy) is 1. The highest BCUT2D eigenvalue weighted by Gasteiger charge is 2.21. The molecular formula is C24H20N2O4. The summed E-state index contributed by atoms with van der Waals surface area (Å²) >= 11 is 0. The first-order valence-corrected chi connectivity index (χ1v) is 9.58. The van der Waals surface area contributed by atoms with Gasteiger partial charge in [0, 0.05) is 10.9 Å². The summed E-state index contributed by atoms with van der Waals surface area (Å²) in [5.74, 6) is -0.359. The minimum atomic E-state index is -0.959. The monoisotopic (exact) mass is 400 g/mol. The highest BCUT2D eigenvalue weighted by Crippen LogP contribution is 2.25. The largest absolute Gasteiger partial charge is 0.467 e. The van der Waals surface area contributed by atoms with E-state index >= 15 is 0 Å². The van der Waals surface area contributed by atoms with Crippen molar-refractivity contribution in [2.75, 3.05) is 0 Å². The summed E-state index contributed by atoms with van der Waals surface area (Å²) < 4.78 is 10.6. The maximum atomic E-state index is 12.9. The molecule has 6 nitrogen and oxygen atoms in total. The van der Waals surface area contributed by atoms with Crippen molar-refractivity contribution in [2.24, 2.45) is 0 Å². The maximum Gasteiger partial charge on any atom is 0.339 e. The number of para-hydroxylation sites is 1. The molecule has 0 spiro atoms. The number of furan rings is 1. The van der Waals surface area contributed by atoms with E-state index in [-0.39, 0.29) is 6.54 Å². The van der Waals surface area contributed by atoms with Gasteiger partial charge in [-0.25, -0.2) is 9.78 Å². The number of carbonyl (C=O) groups excluding carboxylic acids is 2. The number of hydrogen-bond acceptors (Lipinski definition) is 5. The normalized spacial score (nSPS) is 11.8. The van der Waals surface area contributed by atoms with Gasteiger partial charge in [-0.05, 0) is 31.2 Å². The number of nitrogens with one attached hydrogen (secondary N) is 1. The summed E-state index contributed by atoms with van der Waals surface area (Å²) in [5.41, 5.74) is 2.60. The average molecular weight is 400 g/mol. The fraction of sp³-hybridized carbons (Fsp3) is 0.125. The molecule has 1 amide bonds. The first kappa shape index (κ1) is 19.4. The van der Waals surface area contributed by atoms with Gasteiger partial charge in [-0.15, -0.1) is 0 Å². The van der Waals surface area contributed by atoms with E-state index in [1.165, 1.54) is 13.2 Å². The highest BCUT2D eigenvalue weighted by atomic mass is 16.5. The number of amides is 1. The molecule has 0 saturated heterocycles. The van der Waals surface area contributed by atoms with Gasteiger partial charge in [-0.1, -0.05) is 48.5 Å². The van der Waals surface area contributed by atoms with Gasteiger partial charge in [0.1, 0.15) is 5.76 Å². The third-order valence-electron chi connectivity index (χ3n) is 4.68. The number of aromatic nitrogens is 1. The summed E-state index contributed by atoms with van der Waals surface area (Å²) in [6, 6.07) is 22.2. The Labute approximate surface area is 173 Å². The van der Waals surface area contributed by atoms with Crippen LogP contribution in [-0.2, 0) is 16.1 Å². The lowest BCUT2D eigenvalue weighted by molar-refractivity contribution is -0.129. The Morgan fingerprint density at radius 1 is 1.03 bits per heavy atom. The van der Waals surface area contributed by atoms with Gasteiger partial charge in [0.25, 0.3) is 5.91 Å². The van der Waals surface area contributed by atoms with Crippen LogP contribution in [0.3, 0.4) is 0 Å². The molecule has 6 heteroatoms. The molecule has 0 aliphatic carbocycles. The van der Waals surface area contributed by atoms with E-state index in [1.807, 2.05) is 54.6 Å². The molecule has 150 valence electrons. The third-order valence-corrected chi connectivity index (χ3v) is 4.68. The first-order valence-electron chi connectivity index (χ1n) is 9.58. The topological polar surface area (TPSA) is 81.4 Å². The predicted octanol–water partition coefficient (Wildman–Crippen LogP) is 4.36. The molecule has 1 atom stereocenters. The van der Waals surface area contributed by atoms with Crippen LogP contribution in [0.5, 0.6) is 0 Å². The number of rotatable bonds is 6. The summed E-state index contributed by atoms with van der Waals surface area (Å²) in [6.07, 6.45) is 0.573. The molecule has 0 saturated carbocycles. The SMILES string of the molecule is C[C@@H](OC(=O)c1cc(-c2ccccc2)nc2ccccc12)C(=O)NCc1ccco1. The zero-order valence-electron chi connectivity index (χ0n) is 16.4. The zero-order chi connectivity index (χ0) is 20.9. The average Bonchev–Trinajstić information content (AvgIpc) is 3.31. The molecule has 0 aliphatic heterocycles. The third kappa shape index (κ3) is 4.22. The molecule has 1 N–H and O–H groups in total. The van der Waals surface area contributed by atoms with Crippen molar-refractivity contribution in [1.82, 2.24) is 10.3 Å². The van der Waals surface area contributed by atoms with Crippen LogP contribution in [0.1, 0.15) is 23.0 Å². The maximum absolute atomic E-state index is 12.9. The Hall–Kier alpha value is -3.93. The van der Waals surface area contributed by atoms with E-state index in [4.69, 9.17) is 9.15 Å². The fourth-order valence-electron chi connectivity index (χ4n) is 3.11. The predicted molar refractivity (Wildman–Crippen MR) is 113 cm³/mol. The second kappa shape index (κ2) is 8.61. The molecule has 2 aromatic carbocycles. The Balaban J connectivity index is 1.56. The van der Waals surface area contributed by atoms with E-state index in [0.29, 0.717) is 27.9 Å². The van der Waals surface area contributed by atoms with E-state index in [1.54, 1.807) is 18.2 Å². The molecule has 4 aromatic rings. The minimum absolute atomic E-state index is 0.226. The second-order valence-corrected chi connectivity index (χ2v) is 6.78. The van der Waals surface area contributed by atoms with Gasteiger partial charge in [0.15, 0.2) is 6.10 Å². The molecule has 0 bridgehead atoms. The van der Waals surface area contributed by atoms with Crippen LogP contribution < -0.4 is 5.32 Å². The Morgan fingerprint density at radius 3 is 2.57 bits per heavy atom. The van der Waals surface area contributed by atoms with Gasteiger partial charge >= 0.3 is 5.97 Å². The lowest BCUT2D eigenvalue weighted by atomic mass is 10.0. The van der Waals surface area contributed by atoms with Gasteiger partial charge in [0.2, 0.25) is 0 Å². The van der Waals surface area contributed by atoms with Gasteiger partial charge in [-0.2, -0.15) is 0 Å². The number of benzene rings is 2. The van der Waals surface area contributed by atoms with Gasteiger partial charge in [0.05, 0.1) is 29.6 Å². The zero-order valence-corrected chi connectivity index (χ0v) is 16.4. The quantitative estimate of drug-likeness (QED) is 0.487. The summed E-state index contributed by atoms with van der Waals surface area (Å²) in [7, 11) is 0. The number of esters is 1. The molecule has 0 radical (unpaired) electrons. The summed E-state index contributed by atoms with van der Waals surface area (Å²) in [6.45, 7) is 1.76. The van der Waals surface area contributed by atoms with E-state index in [9.17, 15) is 9.59 Å². The van der Waals surface area contributed by atoms with Crippen LogP contribution in [0.25, 0.3) is 22.2 Å². The number of nitrogens with zero attached hydrogens (tertiary/aromatic N) is 1. The van der Waals surface area contributed by atoms with Crippen molar-refractivity contribution in [3.05, 3.63) is 90.4 Å².